The van der Waals surface area contributed by atoms with Crippen molar-refractivity contribution in [1.29, 1.82) is 0 Å². The second-order valence-electron chi connectivity index (χ2n) is 3.12. The zero-order chi connectivity index (χ0) is 9.44. The van der Waals surface area contributed by atoms with Crippen LogP contribution in [0, 0.1) is 11.8 Å². The number of carboxylic acid groups (broad SMARTS) is 1. The van der Waals surface area contributed by atoms with E-state index in [9.17, 15) is 4.79 Å². The third-order valence-electron chi connectivity index (χ3n) is 0.965. The number of rotatable bonds is 2. The van der Waals surface area contributed by atoms with E-state index in [4.69, 9.17) is 10.8 Å². The third kappa shape index (κ3) is 17.7. The molecule has 0 bridgehead atoms. The lowest BCUT2D eigenvalue weighted by Crippen LogP contribution is -2.05. The molecule has 0 aliphatic carbocycles. The van der Waals surface area contributed by atoms with Gasteiger partial charge in [0.25, 0.3) is 0 Å². The van der Waals surface area contributed by atoms with Gasteiger partial charge in [-0.15, -0.1) is 0 Å². The summed E-state index contributed by atoms with van der Waals surface area (Å²) in [6, 6.07) is 0. The normalized spacial score (nSPS) is 9.36. The van der Waals surface area contributed by atoms with E-state index in [1.807, 2.05) is 0 Å². The van der Waals surface area contributed by atoms with Gasteiger partial charge in [-0.25, -0.2) is 0 Å². The van der Waals surface area contributed by atoms with E-state index in [1.165, 1.54) is 0 Å². The minimum atomic E-state index is -0.741. The van der Waals surface area contributed by atoms with E-state index >= 15 is 0 Å². The van der Waals surface area contributed by atoms with Crippen LogP contribution < -0.4 is 5.73 Å². The Hall–Kier alpha value is -0.570. The average Bonchev–Trinajstić information content (AvgIpc) is 1.89. The van der Waals surface area contributed by atoms with Gasteiger partial charge in [0, 0.05) is 0 Å². The molecule has 0 atom stereocenters. The lowest BCUT2D eigenvalue weighted by molar-refractivity contribution is -0.140. The van der Waals surface area contributed by atoms with Crippen molar-refractivity contribution in [3.05, 3.63) is 0 Å². The summed E-state index contributed by atoms with van der Waals surface area (Å²) >= 11 is 0. The summed E-state index contributed by atoms with van der Waals surface area (Å²) in [5, 5.41) is 7.99. The molecular weight excluding hydrogens is 142 g/mol. The van der Waals surface area contributed by atoms with Crippen LogP contribution in [0.4, 0.5) is 0 Å². The third-order valence-corrected chi connectivity index (χ3v) is 0.965. The highest BCUT2D eigenvalue weighted by atomic mass is 16.4. The summed E-state index contributed by atoms with van der Waals surface area (Å²) in [6.07, 6.45) is 0. The molecule has 0 radical (unpaired) electrons. The van der Waals surface area contributed by atoms with E-state index in [2.05, 4.69) is 13.8 Å². The van der Waals surface area contributed by atoms with Gasteiger partial charge in [-0.1, -0.05) is 27.7 Å². The average molecular weight is 161 g/mol. The number of aliphatic carboxylic acids is 1. The predicted molar refractivity (Wildman–Crippen MR) is 46.4 cm³/mol. The fourth-order valence-electron chi connectivity index (χ4n) is 0. The summed E-state index contributed by atoms with van der Waals surface area (Å²) in [7, 11) is 0. The highest BCUT2D eigenvalue weighted by molar-refractivity contribution is 5.68. The van der Waals surface area contributed by atoms with Crippen molar-refractivity contribution < 1.29 is 9.90 Å². The molecule has 0 aromatic rings. The van der Waals surface area contributed by atoms with Crippen LogP contribution >= 0.6 is 0 Å². The van der Waals surface area contributed by atoms with Gasteiger partial charge in [0.05, 0.1) is 5.92 Å². The highest BCUT2D eigenvalue weighted by Crippen LogP contribution is 1.87. The Bertz CT molecular complexity index is 100. The second kappa shape index (κ2) is 7.54. The smallest absolute Gasteiger partial charge is 0.305 e. The molecule has 0 spiro atoms. The van der Waals surface area contributed by atoms with Gasteiger partial charge in [0.15, 0.2) is 0 Å². The highest BCUT2D eigenvalue weighted by Gasteiger charge is 1.99. The van der Waals surface area contributed by atoms with Gasteiger partial charge >= 0.3 is 5.97 Å². The second-order valence-corrected chi connectivity index (χ2v) is 3.12. The van der Waals surface area contributed by atoms with Crippen molar-refractivity contribution in [2.45, 2.75) is 27.7 Å². The molecule has 0 aliphatic rings. The zero-order valence-corrected chi connectivity index (χ0v) is 7.79. The maximum Gasteiger partial charge on any atom is 0.305 e. The summed E-state index contributed by atoms with van der Waals surface area (Å²) in [5.74, 6) is -0.310. The van der Waals surface area contributed by atoms with Crippen molar-refractivity contribution in [1.82, 2.24) is 0 Å². The molecule has 0 saturated carbocycles. The molecule has 0 rings (SSSR count). The summed E-state index contributed by atoms with van der Waals surface area (Å²) in [4.78, 5) is 9.70. The van der Waals surface area contributed by atoms with Gasteiger partial charge in [0.1, 0.15) is 0 Å². The fraction of sp³-hybridized carbons (Fsp3) is 0.875. The molecule has 3 heteroatoms. The first kappa shape index (κ1) is 13.1. The molecule has 11 heavy (non-hydrogen) atoms. The standard InChI is InChI=1S/C4H11N.C4H8O2/c1-4(2)3-5;1-3(2)4(5)6/h4H,3,5H2,1-2H3;3H,1-2H3,(H,5,6). The number of carboxylic acids is 1. The van der Waals surface area contributed by atoms with Crippen molar-refractivity contribution in [2.75, 3.05) is 6.54 Å². The topological polar surface area (TPSA) is 63.3 Å². The number of nitrogens with two attached hydrogens (primary N) is 1. The van der Waals surface area contributed by atoms with Crippen molar-refractivity contribution in [2.24, 2.45) is 17.6 Å². The van der Waals surface area contributed by atoms with Crippen molar-refractivity contribution >= 4 is 5.97 Å². The zero-order valence-electron chi connectivity index (χ0n) is 7.79. The van der Waals surface area contributed by atoms with E-state index in [0.717, 1.165) is 6.54 Å². The summed E-state index contributed by atoms with van der Waals surface area (Å²) in [5.41, 5.74) is 5.17. The Kier molecular flexibility index (Phi) is 8.94. The van der Waals surface area contributed by atoms with Crippen LogP contribution in [0.2, 0.25) is 0 Å². The SMILES string of the molecule is CC(C)C(=O)O.CC(C)CN. The predicted octanol–water partition coefficient (Wildman–Crippen LogP) is 1.33. The molecule has 0 amide bonds. The molecule has 0 saturated heterocycles. The fourth-order valence-corrected chi connectivity index (χ4v) is 0. The molecule has 0 aromatic carbocycles. The minimum Gasteiger partial charge on any atom is -0.481 e. The Morgan fingerprint density at radius 3 is 1.55 bits per heavy atom. The van der Waals surface area contributed by atoms with Crippen LogP contribution in [0.5, 0.6) is 0 Å². The maximum absolute atomic E-state index is 9.70. The van der Waals surface area contributed by atoms with Crippen LogP contribution in [0.1, 0.15) is 27.7 Å². The summed E-state index contributed by atoms with van der Waals surface area (Å²) in [6.45, 7) is 8.28. The largest absolute Gasteiger partial charge is 0.481 e. The molecule has 68 valence electrons. The van der Waals surface area contributed by atoms with E-state index < -0.39 is 5.97 Å². The van der Waals surface area contributed by atoms with Gasteiger partial charge in [-0.05, 0) is 12.5 Å². The van der Waals surface area contributed by atoms with Crippen LogP contribution in [-0.4, -0.2) is 17.6 Å². The molecule has 3 N–H and O–H groups in total. The first-order chi connectivity index (χ1) is 4.91. The maximum atomic E-state index is 9.70. The molecular formula is C8H19NO2. The van der Waals surface area contributed by atoms with E-state index in [1.54, 1.807) is 13.8 Å². The molecule has 3 nitrogen and oxygen atoms in total. The number of carbonyl (C=O) groups is 1. The van der Waals surface area contributed by atoms with Crippen molar-refractivity contribution in [3.63, 3.8) is 0 Å². The lowest BCUT2D eigenvalue weighted by Gasteiger charge is -1.91. The molecule has 0 heterocycles. The monoisotopic (exact) mass is 161 g/mol. The summed E-state index contributed by atoms with van der Waals surface area (Å²) < 4.78 is 0. The molecule has 0 unspecified atom stereocenters. The quantitative estimate of drug-likeness (QED) is 0.642. The van der Waals surface area contributed by atoms with Crippen LogP contribution in [0.15, 0.2) is 0 Å². The first-order valence-electron chi connectivity index (χ1n) is 3.84. The Balaban J connectivity index is 0. The van der Waals surface area contributed by atoms with Crippen LogP contribution in [-0.2, 0) is 4.79 Å². The lowest BCUT2D eigenvalue weighted by atomic mass is 10.2. The van der Waals surface area contributed by atoms with Gasteiger partial charge in [-0.2, -0.15) is 0 Å². The molecule has 0 aliphatic heterocycles. The van der Waals surface area contributed by atoms with Crippen molar-refractivity contribution in [3.8, 4) is 0 Å². The minimum absolute atomic E-state index is 0.231. The number of hydrogen-bond acceptors (Lipinski definition) is 2. The Morgan fingerprint density at radius 1 is 1.36 bits per heavy atom. The van der Waals surface area contributed by atoms with E-state index in [-0.39, 0.29) is 5.92 Å². The van der Waals surface area contributed by atoms with Gasteiger partial charge in [0.2, 0.25) is 0 Å². The Labute approximate surface area is 68.6 Å². The van der Waals surface area contributed by atoms with Gasteiger partial charge < -0.3 is 10.8 Å². The number of hydrogen-bond donors (Lipinski definition) is 2. The molecule has 0 aromatic heterocycles. The van der Waals surface area contributed by atoms with Gasteiger partial charge in [-0.3, -0.25) is 4.79 Å². The first-order valence-corrected chi connectivity index (χ1v) is 3.84. The Morgan fingerprint density at radius 2 is 1.55 bits per heavy atom. The van der Waals surface area contributed by atoms with Crippen LogP contribution in [0.3, 0.4) is 0 Å². The van der Waals surface area contributed by atoms with Crippen LogP contribution in [0.25, 0.3) is 0 Å². The molecule has 0 fully saturated rings. The van der Waals surface area contributed by atoms with E-state index in [0.29, 0.717) is 5.92 Å².